The van der Waals surface area contributed by atoms with Crippen molar-refractivity contribution in [1.82, 2.24) is 4.90 Å². The molecule has 0 aliphatic heterocycles. The number of benzene rings is 2. The molecule has 1 aliphatic carbocycles. The summed E-state index contributed by atoms with van der Waals surface area (Å²) in [6.45, 7) is 20.1. The Balaban J connectivity index is 2.12. The molecule has 0 radical (unpaired) electrons. The molecule has 9 heteroatoms. The van der Waals surface area contributed by atoms with Gasteiger partial charge in [0.05, 0.1) is 17.4 Å². The molecule has 250 valence electrons. The van der Waals surface area contributed by atoms with Crippen LogP contribution < -0.4 is 16.0 Å². The van der Waals surface area contributed by atoms with Crippen LogP contribution in [0.15, 0.2) is 70.9 Å². The number of nitrogens with two attached hydrogens (primary N) is 1. The number of amides is 2. The number of carbonyl (C=O) groups excluding carboxylic acids is 2. The van der Waals surface area contributed by atoms with E-state index >= 15 is 0 Å². The number of para-hydroxylation sites is 1. The predicted molar refractivity (Wildman–Crippen MR) is 190 cm³/mol. The van der Waals surface area contributed by atoms with E-state index in [-0.39, 0.29) is 12.1 Å². The Kier molecular flexibility index (Phi) is 12.6. The Labute approximate surface area is 275 Å². The number of ether oxygens (including phenoxy) is 2. The van der Waals surface area contributed by atoms with Gasteiger partial charge in [-0.3, -0.25) is 15.2 Å². The van der Waals surface area contributed by atoms with Crippen LogP contribution in [0.1, 0.15) is 86.1 Å². The molecule has 46 heavy (non-hydrogen) atoms. The van der Waals surface area contributed by atoms with Crippen molar-refractivity contribution >= 4 is 41.7 Å². The summed E-state index contributed by atoms with van der Waals surface area (Å²) in [6, 6.07) is 13.7. The van der Waals surface area contributed by atoms with Crippen LogP contribution in [0.25, 0.3) is 0 Å². The van der Waals surface area contributed by atoms with Crippen molar-refractivity contribution in [3.8, 4) is 0 Å². The molecule has 2 amide bonds. The molecule has 0 saturated heterocycles. The minimum Gasteiger partial charge on any atom is -0.444 e. The molecule has 1 aliphatic rings. The van der Waals surface area contributed by atoms with Gasteiger partial charge < -0.3 is 20.1 Å². The quantitative estimate of drug-likeness (QED) is 0.179. The van der Waals surface area contributed by atoms with Crippen LogP contribution in [0.3, 0.4) is 0 Å². The van der Waals surface area contributed by atoms with E-state index in [2.05, 4.69) is 34.1 Å². The van der Waals surface area contributed by atoms with Crippen molar-refractivity contribution in [2.45, 2.75) is 105 Å². The Morgan fingerprint density at radius 2 is 1.63 bits per heavy atom. The molecule has 0 spiro atoms. The zero-order valence-corrected chi connectivity index (χ0v) is 29.0. The number of hydrogen-bond acceptors (Lipinski definition) is 7. The molecule has 1 unspecified atom stereocenters. The highest BCUT2D eigenvalue weighted by Gasteiger charge is 2.31. The van der Waals surface area contributed by atoms with E-state index in [4.69, 9.17) is 15.2 Å². The van der Waals surface area contributed by atoms with Crippen molar-refractivity contribution < 1.29 is 19.1 Å². The number of hydrogen-bond donors (Lipinski definition) is 2. The van der Waals surface area contributed by atoms with Crippen molar-refractivity contribution in [2.75, 3.05) is 23.3 Å². The highest BCUT2D eigenvalue weighted by Crippen LogP contribution is 2.42. The first-order valence-electron chi connectivity index (χ1n) is 16.2. The molecule has 0 saturated carbocycles. The highest BCUT2D eigenvalue weighted by molar-refractivity contribution is 5.90. The summed E-state index contributed by atoms with van der Waals surface area (Å²) in [4.78, 5) is 34.8. The zero-order valence-electron chi connectivity index (χ0n) is 29.0. The third kappa shape index (κ3) is 10.5. The minimum absolute atomic E-state index is 0.194. The Bertz CT molecular complexity index is 1420. The van der Waals surface area contributed by atoms with E-state index in [1.807, 2.05) is 97.9 Å². The van der Waals surface area contributed by atoms with Crippen molar-refractivity contribution in [2.24, 2.45) is 10.7 Å². The maximum atomic E-state index is 13.7. The first-order valence-corrected chi connectivity index (χ1v) is 16.2. The smallest absolute Gasteiger partial charge is 0.414 e. The standard InChI is InChI=1S/C37H53N5O4/c1-26-19-20-29(24-32(26)41(22-16-11-10-15-21-38)35(44)46-37(6,7)8)42(28-17-13-12-14-18-28)33-25-30(27(2)23-31(33)39-9)40-34(43)45-36(3,4)5/h12-14,17-19,23-25,29H,9-11,15-16,20-22,38H2,1-8H3,(H,40,43). The van der Waals surface area contributed by atoms with Gasteiger partial charge in [-0.05, 0) is 129 Å². The number of nitrogens with zero attached hydrogens (tertiary/aromatic N) is 3. The van der Waals surface area contributed by atoms with Gasteiger partial charge in [-0.1, -0.05) is 37.1 Å². The second kappa shape index (κ2) is 15.9. The summed E-state index contributed by atoms with van der Waals surface area (Å²) in [5.41, 5.74) is 10.0. The molecule has 3 rings (SSSR count). The highest BCUT2D eigenvalue weighted by atomic mass is 16.6. The van der Waals surface area contributed by atoms with Crippen LogP contribution >= 0.6 is 0 Å². The molecule has 2 aromatic rings. The molecule has 0 fully saturated rings. The van der Waals surface area contributed by atoms with Crippen LogP contribution in [0.5, 0.6) is 0 Å². The zero-order chi connectivity index (χ0) is 34.1. The SMILES string of the molecule is C=Nc1cc(C)c(NC(=O)OC(C)(C)C)cc1N(c1ccccc1)C1C=C(N(CCCCCCN)C(=O)OC(C)(C)C)C(C)=CC1. The maximum absolute atomic E-state index is 13.7. The molecule has 0 bridgehead atoms. The van der Waals surface area contributed by atoms with Crippen molar-refractivity contribution in [3.05, 3.63) is 71.5 Å². The van der Waals surface area contributed by atoms with Gasteiger partial charge in [-0.2, -0.15) is 0 Å². The largest absolute Gasteiger partial charge is 0.444 e. The lowest BCUT2D eigenvalue weighted by atomic mass is 9.96. The topological polar surface area (TPSA) is 109 Å². The summed E-state index contributed by atoms with van der Waals surface area (Å²) in [5, 5.41) is 2.92. The molecule has 0 aromatic heterocycles. The van der Waals surface area contributed by atoms with Gasteiger partial charge in [-0.15, -0.1) is 0 Å². The second-order valence-electron chi connectivity index (χ2n) is 13.7. The normalized spacial score (nSPS) is 14.9. The lowest BCUT2D eigenvalue weighted by molar-refractivity contribution is 0.0313. The van der Waals surface area contributed by atoms with E-state index in [1.54, 1.807) is 4.90 Å². The van der Waals surface area contributed by atoms with Crippen LogP contribution in [-0.4, -0.2) is 54.1 Å². The molecule has 3 N–H and O–H groups in total. The molecule has 2 aromatic carbocycles. The fourth-order valence-corrected chi connectivity index (χ4v) is 5.31. The van der Waals surface area contributed by atoms with E-state index in [0.717, 1.165) is 53.9 Å². The summed E-state index contributed by atoms with van der Waals surface area (Å²) in [7, 11) is 0. The fraction of sp³-hybridized carbons (Fsp3) is 0.486. The monoisotopic (exact) mass is 631 g/mol. The molecular weight excluding hydrogens is 578 g/mol. The third-order valence-corrected chi connectivity index (χ3v) is 7.41. The predicted octanol–water partition coefficient (Wildman–Crippen LogP) is 9.17. The van der Waals surface area contributed by atoms with Crippen LogP contribution in [0.4, 0.5) is 32.3 Å². The number of anilines is 3. The first kappa shape index (κ1) is 36.4. The lowest BCUT2D eigenvalue weighted by Crippen LogP contribution is -2.40. The summed E-state index contributed by atoms with van der Waals surface area (Å²) >= 11 is 0. The van der Waals surface area contributed by atoms with Gasteiger partial charge in [0.1, 0.15) is 11.2 Å². The van der Waals surface area contributed by atoms with Crippen LogP contribution in [0.2, 0.25) is 0 Å². The van der Waals surface area contributed by atoms with Gasteiger partial charge >= 0.3 is 12.2 Å². The summed E-state index contributed by atoms with van der Waals surface area (Å²) in [6.07, 6.45) is 7.86. The fourth-order valence-electron chi connectivity index (χ4n) is 5.31. The molecule has 0 heterocycles. The number of allylic oxidation sites excluding steroid dienone is 1. The number of carbonyl (C=O) groups is 2. The average molecular weight is 632 g/mol. The van der Waals surface area contributed by atoms with E-state index in [0.29, 0.717) is 30.9 Å². The Morgan fingerprint density at radius 3 is 2.24 bits per heavy atom. The number of aliphatic imine (C=N–C) groups is 1. The third-order valence-electron chi connectivity index (χ3n) is 7.41. The molecule has 9 nitrogen and oxygen atoms in total. The Hall–Kier alpha value is -4.11. The lowest BCUT2D eigenvalue weighted by Gasteiger charge is -2.37. The van der Waals surface area contributed by atoms with Gasteiger partial charge in [0, 0.05) is 23.6 Å². The van der Waals surface area contributed by atoms with E-state index in [1.165, 1.54) is 0 Å². The first-order chi connectivity index (χ1) is 21.6. The number of unbranched alkanes of at least 4 members (excludes halogenated alkanes) is 3. The number of rotatable bonds is 12. The van der Waals surface area contributed by atoms with Gasteiger partial charge in [0.25, 0.3) is 0 Å². The van der Waals surface area contributed by atoms with Gasteiger partial charge in [-0.25, -0.2) is 9.59 Å². The Morgan fingerprint density at radius 1 is 0.978 bits per heavy atom. The van der Waals surface area contributed by atoms with Gasteiger partial charge in [0.15, 0.2) is 0 Å². The van der Waals surface area contributed by atoms with E-state index < -0.39 is 17.3 Å². The number of aryl methyl sites for hydroxylation is 1. The van der Waals surface area contributed by atoms with Gasteiger partial charge in [0.2, 0.25) is 0 Å². The molecular formula is C37H53N5O4. The van der Waals surface area contributed by atoms with E-state index in [9.17, 15) is 9.59 Å². The van der Waals surface area contributed by atoms with Crippen molar-refractivity contribution in [1.29, 1.82) is 0 Å². The maximum Gasteiger partial charge on any atom is 0.414 e. The van der Waals surface area contributed by atoms with Crippen molar-refractivity contribution in [3.63, 3.8) is 0 Å². The summed E-state index contributed by atoms with van der Waals surface area (Å²) in [5.74, 6) is 0. The number of nitrogens with one attached hydrogen (secondary N) is 1. The second-order valence-corrected chi connectivity index (χ2v) is 13.7. The minimum atomic E-state index is -0.641. The summed E-state index contributed by atoms with van der Waals surface area (Å²) < 4.78 is 11.4. The van der Waals surface area contributed by atoms with Crippen LogP contribution in [-0.2, 0) is 9.47 Å². The van der Waals surface area contributed by atoms with Crippen LogP contribution in [0, 0.1) is 6.92 Å². The average Bonchev–Trinajstić information content (AvgIpc) is 2.96. The molecule has 1 atom stereocenters.